The Morgan fingerprint density at radius 2 is 2.05 bits per heavy atom. The first kappa shape index (κ1) is 16.9. The average Bonchev–Trinajstić information content (AvgIpc) is 2.30. The predicted molar refractivity (Wildman–Crippen MR) is 64.3 cm³/mol. The van der Waals surface area contributed by atoms with E-state index in [9.17, 15) is 26.7 Å². The summed E-state index contributed by atoms with van der Waals surface area (Å²) in [6.07, 6.45) is -9.10. The van der Waals surface area contributed by atoms with Gasteiger partial charge in [-0.15, -0.1) is 13.2 Å². The van der Waals surface area contributed by atoms with Crippen LogP contribution in [0.1, 0.15) is 17.7 Å². The molecule has 1 rings (SSSR count). The number of halogens is 6. The third-order valence-corrected chi connectivity index (χ3v) is 2.59. The molecule has 0 aliphatic carbocycles. The molecule has 0 fully saturated rings. The SMILES string of the molecule is COC(=O)Cc1nc(I)cc(C(F)F)c1OC(F)(F)F. The largest absolute Gasteiger partial charge is 0.573 e. The minimum atomic E-state index is -5.18. The van der Waals surface area contributed by atoms with Gasteiger partial charge in [0, 0.05) is 0 Å². The number of methoxy groups -OCH3 is 1. The minimum Gasteiger partial charge on any atom is -0.469 e. The molecule has 0 bridgehead atoms. The number of aromatic nitrogens is 1. The van der Waals surface area contributed by atoms with Crippen LogP contribution in [0.15, 0.2) is 6.07 Å². The minimum absolute atomic E-state index is 0.00586. The Balaban J connectivity index is 3.35. The van der Waals surface area contributed by atoms with Gasteiger partial charge in [-0.3, -0.25) is 4.79 Å². The van der Waals surface area contributed by atoms with Gasteiger partial charge in [0.2, 0.25) is 0 Å². The lowest BCUT2D eigenvalue weighted by Crippen LogP contribution is -2.21. The van der Waals surface area contributed by atoms with Crippen molar-refractivity contribution >= 4 is 28.6 Å². The maximum atomic E-state index is 12.8. The number of hydrogen-bond acceptors (Lipinski definition) is 4. The Kier molecular flexibility index (Phi) is 5.48. The molecule has 0 N–H and O–H groups in total. The molecule has 0 saturated heterocycles. The number of carbonyl (C=O) groups is 1. The number of hydrogen-bond donors (Lipinski definition) is 0. The van der Waals surface area contributed by atoms with Crippen LogP contribution < -0.4 is 4.74 Å². The molecular formula is C10H7F5INO3. The molecule has 0 atom stereocenters. The van der Waals surface area contributed by atoms with Gasteiger partial charge in [0.25, 0.3) is 6.43 Å². The van der Waals surface area contributed by atoms with Gasteiger partial charge in [0.05, 0.1) is 24.8 Å². The van der Waals surface area contributed by atoms with Crippen molar-refractivity contribution in [1.82, 2.24) is 4.98 Å². The van der Waals surface area contributed by atoms with Crippen molar-refractivity contribution in [3.8, 4) is 5.75 Å². The van der Waals surface area contributed by atoms with Crippen LogP contribution in [0.2, 0.25) is 0 Å². The number of pyridine rings is 1. The zero-order chi connectivity index (χ0) is 15.5. The van der Waals surface area contributed by atoms with E-state index in [0.717, 1.165) is 13.2 Å². The molecule has 0 aliphatic heterocycles. The summed E-state index contributed by atoms with van der Waals surface area (Å²) in [5.74, 6) is -2.09. The second-order valence-electron chi connectivity index (χ2n) is 3.41. The molecular weight excluding hydrogens is 404 g/mol. The van der Waals surface area contributed by atoms with E-state index in [-0.39, 0.29) is 3.70 Å². The Morgan fingerprint density at radius 1 is 1.45 bits per heavy atom. The number of alkyl halides is 5. The van der Waals surface area contributed by atoms with E-state index >= 15 is 0 Å². The van der Waals surface area contributed by atoms with Crippen molar-refractivity contribution < 1.29 is 36.2 Å². The summed E-state index contributed by atoms with van der Waals surface area (Å²) in [5.41, 5.74) is -1.54. The first-order chi connectivity index (χ1) is 9.14. The van der Waals surface area contributed by atoms with Gasteiger partial charge >= 0.3 is 12.3 Å². The Labute approximate surface area is 123 Å². The Morgan fingerprint density at radius 3 is 2.50 bits per heavy atom. The van der Waals surface area contributed by atoms with E-state index in [4.69, 9.17) is 0 Å². The Bertz CT molecular complexity index is 506. The van der Waals surface area contributed by atoms with E-state index in [1.54, 1.807) is 22.6 Å². The van der Waals surface area contributed by atoms with E-state index in [2.05, 4.69) is 14.5 Å². The van der Waals surface area contributed by atoms with Gasteiger partial charge in [-0.05, 0) is 28.7 Å². The fraction of sp³-hybridized carbons (Fsp3) is 0.400. The van der Waals surface area contributed by atoms with Crippen molar-refractivity contribution in [2.24, 2.45) is 0 Å². The van der Waals surface area contributed by atoms with Crippen molar-refractivity contribution in [3.05, 3.63) is 21.0 Å². The predicted octanol–water partition coefficient (Wildman–Crippen LogP) is 3.24. The first-order valence-electron chi connectivity index (χ1n) is 4.94. The summed E-state index contributed by atoms with van der Waals surface area (Å²) >= 11 is 1.54. The highest BCUT2D eigenvalue weighted by atomic mass is 127. The smallest absolute Gasteiger partial charge is 0.469 e. The van der Waals surface area contributed by atoms with Crippen LogP contribution in [0.25, 0.3) is 0 Å². The highest BCUT2D eigenvalue weighted by Gasteiger charge is 2.35. The molecule has 1 aromatic rings. The summed E-state index contributed by atoms with van der Waals surface area (Å²) in [5, 5.41) is 0. The molecule has 0 amide bonds. The molecule has 1 heterocycles. The molecule has 0 radical (unpaired) electrons. The lowest BCUT2D eigenvalue weighted by Gasteiger charge is -2.16. The third-order valence-electron chi connectivity index (χ3n) is 2.03. The zero-order valence-electron chi connectivity index (χ0n) is 9.80. The average molecular weight is 411 g/mol. The van der Waals surface area contributed by atoms with Gasteiger partial charge in [-0.25, -0.2) is 13.8 Å². The van der Waals surface area contributed by atoms with Crippen LogP contribution in [0.3, 0.4) is 0 Å². The van der Waals surface area contributed by atoms with Gasteiger partial charge in [-0.1, -0.05) is 0 Å². The molecule has 1 aromatic heterocycles. The quantitative estimate of drug-likeness (QED) is 0.331. The number of esters is 1. The number of rotatable bonds is 4. The fourth-order valence-corrected chi connectivity index (χ4v) is 1.92. The van der Waals surface area contributed by atoms with E-state index < -0.39 is 42.2 Å². The van der Waals surface area contributed by atoms with Gasteiger partial charge < -0.3 is 9.47 Å². The van der Waals surface area contributed by atoms with Gasteiger partial charge in [0.1, 0.15) is 3.70 Å². The molecule has 0 saturated carbocycles. The molecule has 0 aliphatic rings. The third kappa shape index (κ3) is 4.72. The maximum absolute atomic E-state index is 12.8. The standard InChI is InChI=1S/C10H7F5INO3/c1-19-7(18)3-5-8(20-10(13,14)15)4(9(11)12)2-6(16)17-5/h2,9H,3H2,1H3. The monoisotopic (exact) mass is 411 g/mol. The summed E-state index contributed by atoms with van der Waals surface area (Å²) in [6.45, 7) is 0. The molecule has 20 heavy (non-hydrogen) atoms. The number of carbonyl (C=O) groups excluding carboxylic acids is 1. The molecule has 4 nitrogen and oxygen atoms in total. The highest BCUT2D eigenvalue weighted by Crippen LogP contribution is 2.36. The van der Waals surface area contributed by atoms with Crippen LogP contribution in [-0.4, -0.2) is 24.4 Å². The molecule has 112 valence electrons. The van der Waals surface area contributed by atoms with Crippen molar-refractivity contribution in [1.29, 1.82) is 0 Å². The zero-order valence-corrected chi connectivity index (χ0v) is 12.0. The fourth-order valence-electron chi connectivity index (χ4n) is 1.30. The summed E-state index contributed by atoms with van der Waals surface area (Å²) < 4.78 is 70.2. The van der Waals surface area contributed by atoms with E-state index in [1.807, 2.05) is 0 Å². The van der Waals surface area contributed by atoms with Gasteiger partial charge in [0.15, 0.2) is 5.75 Å². The normalized spacial score (nSPS) is 11.6. The van der Waals surface area contributed by atoms with Crippen molar-refractivity contribution in [2.75, 3.05) is 7.11 Å². The van der Waals surface area contributed by atoms with Crippen LogP contribution in [-0.2, 0) is 16.0 Å². The van der Waals surface area contributed by atoms with E-state index in [1.165, 1.54) is 0 Å². The lowest BCUT2D eigenvalue weighted by atomic mass is 10.1. The molecule has 0 aromatic carbocycles. The topological polar surface area (TPSA) is 48.4 Å². The number of nitrogens with zero attached hydrogens (tertiary/aromatic N) is 1. The maximum Gasteiger partial charge on any atom is 0.573 e. The van der Waals surface area contributed by atoms with Crippen molar-refractivity contribution in [2.45, 2.75) is 19.2 Å². The Hall–Kier alpha value is -1.20. The van der Waals surface area contributed by atoms with E-state index in [0.29, 0.717) is 0 Å². The van der Waals surface area contributed by atoms with Crippen LogP contribution in [0.5, 0.6) is 5.75 Å². The van der Waals surface area contributed by atoms with Gasteiger partial charge in [-0.2, -0.15) is 0 Å². The molecule has 0 unspecified atom stereocenters. The second kappa shape index (κ2) is 6.50. The number of ether oxygens (including phenoxy) is 2. The summed E-state index contributed by atoms with van der Waals surface area (Å²) in [7, 11) is 1.01. The van der Waals surface area contributed by atoms with Crippen LogP contribution in [0, 0.1) is 3.70 Å². The molecule has 10 heteroatoms. The highest BCUT2D eigenvalue weighted by molar-refractivity contribution is 14.1. The van der Waals surface area contributed by atoms with Crippen LogP contribution >= 0.6 is 22.6 Å². The lowest BCUT2D eigenvalue weighted by molar-refractivity contribution is -0.275. The summed E-state index contributed by atoms with van der Waals surface area (Å²) in [4.78, 5) is 14.7. The van der Waals surface area contributed by atoms with Crippen LogP contribution in [0.4, 0.5) is 22.0 Å². The molecule has 0 spiro atoms. The first-order valence-corrected chi connectivity index (χ1v) is 6.02. The summed E-state index contributed by atoms with van der Waals surface area (Å²) in [6, 6.07) is 0.757. The second-order valence-corrected chi connectivity index (χ2v) is 4.52. The van der Waals surface area contributed by atoms with Crippen molar-refractivity contribution in [3.63, 3.8) is 0 Å².